The number of aromatic nitrogens is 2. The monoisotopic (exact) mass is 323 g/mol. The summed E-state index contributed by atoms with van der Waals surface area (Å²) in [6.07, 6.45) is 3.83. The third-order valence-corrected chi connectivity index (χ3v) is 3.79. The van der Waals surface area contributed by atoms with E-state index in [1.165, 1.54) is 12.3 Å². The summed E-state index contributed by atoms with van der Waals surface area (Å²) in [4.78, 5) is 8.13. The summed E-state index contributed by atoms with van der Waals surface area (Å²) >= 11 is 0. The Hall–Kier alpha value is -2.63. The third kappa shape index (κ3) is 4.01. The SMILES string of the molecule is O[C@@H](CN[C@@H](c1ccccc1)c1ccc(F)cn1)c1ccncc1. The number of hydrogen-bond donors (Lipinski definition) is 2. The number of pyridine rings is 2. The van der Waals surface area contributed by atoms with E-state index in [1.807, 2.05) is 30.3 Å². The number of nitrogens with one attached hydrogen (secondary N) is 1. The fourth-order valence-corrected chi connectivity index (χ4v) is 2.53. The Bertz CT molecular complexity index is 751. The molecule has 0 amide bonds. The number of nitrogens with zero attached hydrogens (tertiary/aromatic N) is 2. The van der Waals surface area contributed by atoms with E-state index in [0.29, 0.717) is 12.2 Å². The van der Waals surface area contributed by atoms with Crippen molar-refractivity contribution in [2.75, 3.05) is 6.54 Å². The van der Waals surface area contributed by atoms with Crippen molar-refractivity contribution in [1.29, 1.82) is 0 Å². The molecule has 122 valence electrons. The summed E-state index contributed by atoms with van der Waals surface area (Å²) in [6.45, 7) is 0.336. The molecule has 0 aliphatic heterocycles. The Morgan fingerprint density at radius 3 is 2.38 bits per heavy atom. The smallest absolute Gasteiger partial charge is 0.141 e. The lowest BCUT2D eigenvalue weighted by atomic mass is 10.0. The lowest BCUT2D eigenvalue weighted by molar-refractivity contribution is 0.171. The van der Waals surface area contributed by atoms with Gasteiger partial charge in [-0.05, 0) is 35.4 Å². The summed E-state index contributed by atoms with van der Waals surface area (Å²) in [6, 6.07) is 16.1. The van der Waals surface area contributed by atoms with Gasteiger partial charge in [-0.2, -0.15) is 0 Å². The lowest BCUT2D eigenvalue weighted by Gasteiger charge is -2.21. The van der Waals surface area contributed by atoms with Gasteiger partial charge in [0, 0.05) is 18.9 Å². The van der Waals surface area contributed by atoms with E-state index in [-0.39, 0.29) is 11.9 Å². The molecule has 0 saturated heterocycles. The number of benzene rings is 1. The zero-order chi connectivity index (χ0) is 16.8. The molecule has 0 unspecified atom stereocenters. The fourth-order valence-electron chi connectivity index (χ4n) is 2.53. The topological polar surface area (TPSA) is 58.0 Å². The summed E-state index contributed by atoms with van der Waals surface area (Å²) in [5.41, 5.74) is 2.49. The van der Waals surface area contributed by atoms with E-state index in [0.717, 1.165) is 11.1 Å². The molecular formula is C19H18FN3O. The van der Waals surface area contributed by atoms with Crippen LogP contribution in [0.5, 0.6) is 0 Å². The van der Waals surface area contributed by atoms with Gasteiger partial charge in [-0.1, -0.05) is 30.3 Å². The Kier molecular flexibility index (Phi) is 5.25. The average molecular weight is 323 g/mol. The molecule has 4 nitrogen and oxygen atoms in total. The van der Waals surface area contributed by atoms with Crippen LogP contribution in [0.1, 0.15) is 29.0 Å². The highest BCUT2D eigenvalue weighted by atomic mass is 19.1. The minimum absolute atomic E-state index is 0.233. The van der Waals surface area contributed by atoms with Crippen LogP contribution in [0.3, 0.4) is 0 Å². The first-order valence-electron chi connectivity index (χ1n) is 7.72. The van der Waals surface area contributed by atoms with Crippen molar-refractivity contribution in [1.82, 2.24) is 15.3 Å². The van der Waals surface area contributed by atoms with Gasteiger partial charge in [0.15, 0.2) is 0 Å². The van der Waals surface area contributed by atoms with E-state index in [2.05, 4.69) is 15.3 Å². The quantitative estimate of drug-likeness (QED) is 0.732. The molecule has 0 bridgehead atoms. The maximum atomic E-state index is 13.2. The molecule has 2 aromatic heterocycles. The largest absolute Gasteiger partial charge is 0.387 e. The van der Waals surface area contributed by atoms with Crippen LogP contribution in [0.25, 0.3) is 0 Å². The Balaban J connectivity index is 1.79. The predicted octanol–water partition coefficient (Wildman–Crippen LogP) is 3.03. The van der Waals surface area contributed by atoms with E-state index in [9.17, 15) is 9.50 Å². The fraction of sp³-hybridized carbons (Fsp3) is 0.158. The zero-order valence-electron chi connectivity index (χ0n) is 13.0. The lowest BCUT2D eigenvalue weighted by Crippen LogP contribution is -2.28. The molecule has 2 heterocycles. The molecule has 0 saturated carbocycles. The van der Waals surface area contributed by atoms with Crippen LogP contribution in [0, 0.1) is 5.82 Å². The van der Waals surface area contributed by atoms with Gasteiger partial charge in [-0.15, -0.1) is 0 Å². The van der Waals surface area contributed by atoms with Crippen molar-refractivity contribution in [3.63, 3.8) is 0 Å². The molecule has 0 aliphatic rings. The molecule has 0 aliphatic carbocycles. The molecule has 5 heteroatoms. The first-order valence-corrected chi connectivity index (χ1v) is 7.72. The molecule has 3 rings (SSSR count). The Morgan fingerprint density at radius 1 is 0.958 bits per heavy atom. The van der Waals surface area contributed by atoms with Gasteiger partial charge in [0.25, 0.3) is 0 Å². The van der Waals surface area contributed by atoms with E-state index in [4.69, 9.17) is 0 Å². The summed E-state index contributed by atoms with van der Waals surface area (Å²) in [7, 11) is 0. The Morgan fingerprint density at radius 2 is 1.71 bits per heavy atom. The predicted molar refractivity (Wildman–Crippen MR) is 89.7 cm³/mol. The molecule has 0 radical (unpaired) electrons. The van der Waals surface area contributed by atoms with E-state index in [1.54, 1.807) is 30.6 Å². The number of rotatable bonds is 6. The molecule has 3 aromatic rings. The van der Waals surface area contributed by atoms with Crippen molar-refractivity contribution >= 4 is 0 Å². The summed E-state index contributed by atoms with van der Waals surface area (Å²) in [5, 5.41) is 13.7. The second kappa shape index (κ2) is 7.77. The standard InChI is InChI=1S/C19H18FN3O/c20-16-6-7-17(22-12-16)19(15-4-2-1-3-5-15)23-13-18(24)14-8-10-21-11-9-14/h1-12,18-19,23-24H,13H2/t18-,19-/m0/s1. The molecule has 1 aromatic carbocycles. The minimum Gasteiger partial charge on any atom is -0.387 e. The molecule has 24 heavy (non-hydrogen) atoms. The van der Waals surface area contributed by atoms with Crippen LogP contribution in [0.4, 0.5) is 4.39 Å². The van der Waals surface area contributed by atoms with Crippen molar-refractivity contribution in [2.24, 2.45) is 0 Å². The molecule has 0 fully saturated rings. The maximum Gasteiger partial charge on any atom is 0.141 e. The first-order chi connectivity index (χ1) is 11.7. The maximum absolute atomic E-state index is 13.2. The van der Waals surface area contributed by atoms with Gasteiger partial charge in [-0.3, -0.25) is 9.97 Å². The molecule has 2 N–H and O–H groups in total. The highest BCUT2D eigenvalue weighted by Crippen LogP contribution is 2.21. The van der Waals surface area contributed by atoms with E-state index < -0.39 is 6.10 Å². The van der Waals surface area contributed by atoms with Crippen LogP contribution in [-0.2, 0) is 0 Å². The number of aliphatic hydroxyl groups is 1. The average Bonchev–Trinajstić information content (AvgIpc) is 2.65. The normalized spacial score (nSPS) is 13.4. The molecule has 0 spiro atoms. The molecular weight excluding hydrogens is 305 g/mol. The second-order valence-corrected chi connectivity index (χ2v) is 5.45. The number of hydrogen-bond acceptors (Lipinski definition) is 4. The summed E-state index contributed by atoms with van der Waals surface area (Å²) in [5.74, 6) is -0.373. The highest BCUT2D eigenvalue weighted by molar-refractivity contribution is 5.28. The van der Waals surface area contributed by atoms with Crippen molar-refractivity contribution in [3.8, 4) is 0 Å². The second-order valence-electron chi connectivity index (χ2n) is 5.45. The van der Waals surface area contributed by atoms with Gasteiger partial charge < -0.3 is 10.4 Å². The van der Waals surface area contributed by atoms with Crippen LogP contribution in [0.15, 0.2) is 73.2 Å². The van der Waals surface area contributed by atoms with Gasteiger partial charge in [0.2, 0.25) is 0 Å². The van der Waals surface area contributed by atoms with Crippen LogP contribution < -0.4 is 5.32 Å². The van der Waals surface area contributed by atoms with Crippen LogP contribution >= 0.6 is 0 Å². The van der Waals surface area contributed by atoms with Gasteiger partial charge in [-0.25, -0.2) is 4.39 Å². The third-order valence-electron chi connectivity index (χ3n) is 3.79. The van der Waals surface area contributed by atoms with Crippen molar-refractivity contribution < 1.29 is 9.50 Å². The van der Waals surface area contributed by atoms with E-state index >= 15 is 0 Å². The van der Waals surface area contributed by atoms with Crippen LogP contribution in [0.2, 0.25) is 0 Å². The number of halogens is 1. The van der Waals surface area contributed by atoms with Gasteiger partial charge in [0.05, 0.1) is 24.0 Å². The van der Waals surface area contributed by atoms with Gasteiger partial charge >= 0.3 is 0 Å². The highest BCUT2D eigenvalue weighted by Gasteiger charge is 2.17. The minimum atomic E-state index is -0.667. The molecule has 2 atom stereocenters. The Labute approximate surface area is 140 Å². The first kappa shape index (κ1) is 16.2. The number of aliphatic hydroxyl groups excluding tert-OH is 1. The van der Waals surface area contributed by atoms with Gasteiger partial charge in [0.1, 0.15) is 5.82 Å². The summed E-state index contributed by atoms with van der Waals surface area (Å²) < 4.78 is 13.2. The van der Waals surface area contributed by atoms with Crippen molar-refractivity contribution in [2.45, 2.75) is 12.1 Å². The van der Waals surface area contributed by atoms with Crippen molar-refractivity contribution in [3.05, 3.63) is 95.8 Å². The zero-order valence-corrected chi connectivity index (χ0v) is 13.0. The van der Waals surface area contributed by atoms with Crippen LogP contribution in [-0.4, -0.2) is 21.6 Å².